The Morgan fingerprint density at radius 3 is 0.750 bits per heavy atom. The van der Waals surface area contributed by atoms with E-state index < -0.39 is 0 Å². The Labute approximate surface area is 800 Å². The molecule has 8 heterocycles. The van der Waals surface area contributed by atoms with E-state index in [9.17, 15) is 0 Å². The Bertz CT molecular complexity index is 9260. The third-order valence-corrected chi connectivity index (χ3v) is 25.3. The minimum Gasteiger partial charge on any atom is -0.456 e. The zero-order valence-electron chi connectivity index (χ0n) is 74.9. The number of hydrogen-bond acceptors (Lipinski definition) is 16. The van der Waals surface area contributed by atoms with Gasteiger partial charge in [-0.05, 0) is 104 Å². The van der Waals surface area contributed by atoms with Crippen molar-refractivity contribution in [2.75, 3.05) is 0 Å². The van der Waals surface area contributed by atoms with Crippen LogP contribution in [0, 0.1) is 0 Å². The number of nitrogens with zero attached hydrogens (tertiary/aromatic N) is 12. The summed E-state index contributed by atoms with van der Waals surface area (Å²) in [7, 11) is 0. The van der Waals surface area contributed by atoms with E-state index in [1.807, 2.05) is 340 Å². The molecule has 656 valence electrons. The summed E-state index contributed by atoms with van der Waals surface area (Å²) < 4.78 is 24.5. The summed E-state index contributed by atoms with van der Waals surface area (Å²) in [6.07, 6.45) is 0. The first-order valence-electron chi connectivity index (χ1n) is 46.2. The summed E-state index contributed by atoms with van der Waals surface area (Å²) in [5.74, 6) is 7.81. The van der Waals surface area contributed by atoms with Crippen LogP contribution in [0.1, 0.15) is 0 Å². The Morgan fingerprint density at radius 1 is 0.114 bits per heavy atom. The fourth-order valence-electron chi connectivity index (χ4n) is 18.7. The van der Waals surface area contributed by atoms with Gasteiger partial charge < -0.3 is 17.7 Å². The molecule has 20 aromatic carbocycles. The van der Waals surface area contributed by atoms with Gasteiger partial charge in [-0.2, -0.15) is 0 Å². The van der Waals surface area contributed by atoms with Crippen molar-refractivity contribution in [1.82, 2.24) is 59.8 Å². The van der Waals surface area contributed by atoms with Crippen LogP contribution in [0.15, 0.2) is 479 Å². The molecule has 16 heteroatoms. The van der Waals surface area contributed by atoms with Crippen molar-refractivity contribution in [2.45, 2.75) is 0 Å². The zero-order chi connectivity index (χ0) is 92.8. The predicted octanol–water partition coefficient (Wildman–Crippen LogP) is 31.7. The Hall–Kier alpha value is -19.3. The van der Waals surface area contributed by atoms with Crippen molar-refractivity contribution in [1.29, 1.82) is 0 Å². The van der Waals surface area contributed by atoms with E-state index in [1.165, 1.54) is 0 Å². The van der Waals surface area contributed by atoms with Gasteiger partial charge in [0.05, 0.1) is 0 Å². The summed E-state index contributed by atoms with van der Waals surface area (Å²) in [5, 5.41) is 17.8. The van der Waals surface area contributed by atoms with Gasteiger partial charge in [0.25, 0.3) is 0 Å². The highest BCUT2D eigenvalue weighted by Gasteiger charge is 2.24. The first-order valence-corrected chi connectivity index (χ1v) is 46.2. The number of benzene rings is 20. The van der Waals surface area contributed by atoms with Crippen LogP contribution in [0.3, 0.4) is 0 Å². The van der Waals surface area contributed by atoms with Crippen LogP contribution in [-0.4, -0.2) is 59.8 Å². The highest BCUT2D eigenvalue weighted by molar-refractivity contribution is 6.24. The standard InChI is InChI=1S/4C31H19N3O/c1-3-10-21(11-4-1)29-32-30(22-12-5-2-6-13-22)34-31(33-29)24-16-9-14-20-18-19-26-28(27(20)24)23-15-7-8-17-25(23)35-26;1-3-10-20(11-4-1)29-32-30(21-12-5-2-6-13-21)34-31(33-29)24-16-9-15-23-22(24)18-19-27-28(23)25-14-7-8-17-26(25)35-27;1-3-9-20(10-4-1)29-32-30(21-11-5-2-6-12-21)34-31(33-29)23-15-17-24-22(19-23)16-18-27-28(24)25-13-7-8-14-26(25)35-27;1-3-9-21(10-4-1)29-32-30(22-11-5-2-6-12-22)34-31(33-29)23-16-15-20-17-18-27-28(25(20)19-23)24-13-7-8-14-26(24)35-27/h4*1-19H. The minimum atomic E-state index is 0.640. The number of hydrogen-bond donors (Lipinski definition) is 0. The average molecular weight is 1800 g/mol. The molecule has 16 nitrogen and oxygen atoms in total. The summed E-state index contributed by atoms with van der Waals surface area (Å²) >= 11 is 0. The van der Waals surface area contributed by atoms with E-state index in [2.05, 4.69) is 121 Å². The molecule has 0 saturated carbocycles. The third-order valence-electron chi connectivity index (χ3n) is 25.3. The number of para-hydroxylation sites is 4. The van der Waals surface area contributed by atoms with Crippen molar-refractivity contribution in [3.05, 3.63) is 461 Å². The smallest absolute Gasteiger partial charge is 0.164 e. The molecule has 8 aromatic heterocycles. The monoisotopic (exact) mass is 1800 g/mol. The normalized spacial score (nSPS) is 11.4. The average Bonchev–Trinajstić information content (AvgIpc) is 1.57. The van der Waals surface area contributed by atoms with Gasteiger partial charge in [0, 0.05) is 115 Å². The molecular formula is C124H76N12O4. The minimum absolute atomic E-state index is 0.640. The molecule has 0 amide bonds. The molecule has 140 heavy (non-hydrogen) atoms. The Morgan fingerprint density at radius 2 is 0.364 bits per heavy atom. The van der Waals surface area contributed by atoms with Gasteiger partial charge in [-0.15, -0.1) is 0 Å². The van der Waals surface area contributed by atoms with E-state index in [1.54, 1.807) is 0 Å². The van der Waals surface area contributed by atoms with Crippen molar-refractivity contribution < 1.29 is 17.7 Å². The predicted molar refractivity (Wildman–Crippen MR) is 564 cm³/mol. The van der Waals surface area contributed by atoms with Gasteiger partial charge in [0.15, 0.2) is 69.9 Å². The van der Waals surface area contributed by atoms with Crippen LogP contribution in [-0.2, 0) is 0 Å². The number of aromatic nitrogens is 12. The molecule has 0 N–H and O–H groups in total. The van der Waals surface area contributed by atoms with Crippen LogP contribution < -0.4 is 0 Å². The SMILES string of the molecule is c1ccc(-c2nc(-c3ccccc3)nc(-c3ccc4c(ccc5oc6ccccc6c54)c3)n2)cc1.c1ccc(-c2nc(-c3ccccc3)nc(-c3ccc4ccc5oc6ccccc6c5c4c3)n2)cc1.c1ccc(-c2nc(-c3ccccc3)nc(-c3cccc4c3ccc3oc5ccccc5c34)n2)cc1.c1ccc(-c2nc(-c3ccccc3)nc(-c3cccc4ccc5oc6ccccc6c5c34)n2)cc1. The largest absolute Gasteiger partial charge is 0.456 e. The topological polar surface area (TPSA) is 207 Å². The molecule has 0 atom stereocenters. The van der Waals surface area contributed by atoms with E-state index in [-0.39, 0.29) is 0 Å². The first kappa shape index (κ1) is 82.6. The lowest BCUT2D eigenvalue weighted by Crippen LogP contribution is -2.00. The van der Waals surface area contributed by atoms with Crippen LogP contribution in [0.4, 0.5) is 0 Å². The second-order valence-corrected chi connectivity index (χ2v) is 34.0. The van der Waals surface area contributed by atoms with Crippen molar-refractivity contribution in [2.24, 2.45) is 0 Å². The summed E-state index contributed by atoms with van der Waals surface area (Å²) in [4.78, 5) is 58.6. The molecule has 0 spiro atoms. The van der Waals surface area contributed by atoms with Gasteiger partial charge in [0.2, 0.25) is 0 Å². The lowest BCUT2D eigenvalue weighted by Gasteiger charge is -2.11. The molecule has 0 aliphatic carbocycles. The van der Waals surface area contributed by atoms with Crippen LogP contribution in [0.2, 0.25) is 0 Å². The molecule has 28 aromatic rings. The summed E-state index contributed by atoms with van der Waals surface area (Å²) in [6, 6.07) is 155. The highest BCUT2D eigenvalue weighted by Crippen LogP contribution is 2.45. The Balaban J connectivity index is 0.0000000985. The molecule has 0 aliphatic heterocycles. The fraction of sp³-hybridized carbons (Fsp3) is 0. The van der Waals surface area contributed by atoms with Crippen LogP contribution >= 0.6 is 0 Å². The van der Waals surface area contributed by atoms with Crippen molar-refractivity contribution in [3.63, 3.8) is 0 Å². The molecule has 0 bridgehead atoms. The highest BCUT2D eigenvalue weighted by atomic mass is 16.3. The second kappa shape index (κ2) is 35.9. The molecule has 0 unspecified atom stereocenters. The maximum Gasteiger partial charge on any atom is 0.164 e. The molecule has 0 fully saturated rings. The van der Waals surface area contributed by atoms with Crippen molar-refractivity contribution in [3.8, 4) is 137 Å². The molecule has 0 saturated heterocycles. The molecular weight excluding hydrogens is 1720 g/mol. The van der Waals surface area contributed by atoms with Gasteiger partial charge in [0.1, 0.15) is 44.7 Å². The first-order chi connectivity index (χ1) is 69.4. The maximum atomic E-state index is 6.18. The van der Waals surface area contributed by atoms with E-state index in [0.717, 1.165) is 198 Å². The number of fused-ring (bicyclic) bond motifs is 20. The number of rotatable bonds is 12. The molecule has 28 rings (SSSR count). The number of furan rings is 4. The summed E-state index contributed by atoms with van der Waals surface area (Å²) in [6.45, 7) is 0. The Kier molecular flexibility index (Phi) is 21.2. The van der Waals surface area contributed by atoms with Crippen LogP contribution in [0.5, 0.6) is 0 Å². The van der Waals surface area contributed by atoms with E-state index in [0.29, 0.717) is 69.9 Å². The lowest BCUT2D eigenvalue weighted by atomic mass is 9.98. The van der Waals surface area contributed by atoms with Gasteiger partial charge >= 0.3 is 0 Å². The summed E-state index contributed by atoms with van der Waals surface area (Å²) in [5.41, 5.74) is 18.5. The van der Waals surface area contributed by atoms with E-state index >= 15 is 0 Å². The van der Waals surface area contributed by atoms with Gasteiger partial charge in [-0.25, -0.2) is 59.8 Å². The van der Waals surface area contributed by atoms with E-state index in [4.69, 9.17) is 77.5 Å². The fourth-order valence-corrected chi connectivity index (χ4v) is 18.7. The van der Waals surface area contributed by atoms with Crippen molar-refractivity contribution >= 4 is 131 Å². The molecule has 0 radical (unpaired) electrons. The third kappa shape index (κ3) is 15.8. The zero-order valence-corrected chi connectivity index (χ0v) is 74.9. The van der Waals surface area contributed by atoms with Crippen LogP contribution in [0.25, 0.3) is 267 Å². The van der Waals surface area contributed by atoms with Gasteiger partial charge in [-0.3, -0.25) is 0 Å². The quantitative estimate of drug-likeness (QED) is 0.111. The second-order valence-electron chi connectivity index (χ2n) is 34.0. The van der Waals surface area contributed by atoms with Gasteiger partial charge in [-0.1, -0.05) is 394 Å². The maximum absolute atomic E-state index is 6.18. The molecule has 0 aliphatic rings. The lowest BCUT2D eigenvalue weighted by molar-refractivity contribution is 0.669.